The molecule has 0 aromatic heterocycles. The fourth-order valence-electron chi connectivity index (χ4n) is 1.59. The summed E-state index contributed by atoms with van der Waals surface area (Å²) in [5, 5.41) is 3.13. The van der Waals surface area contributed by atoms with Crippen LogP contribution in [0.3, 0.4) is 0 Å². The fourth-order valence-corrected chi connectivity index (χ4v) is 1.59. The molecule has 1 unspecified atom stereocenters. The molecule has 0 aliphatic carbocycles. The zero-order valence-electron chi connectivity index (χ0n) is 9.60. The van der Waals surface area contributed by atoms with Gasteiger partial charge in [-0.3, -0.25) is 0 Å². The molecule has 0 aromatic rings. The van der Waals surface area contributed by atoms with Gasteiger partial charge in [-0.2, -0.15) is 0 Å². The molecular formula is C11H25NO. The number of ether oxygens (including phenoxy) is 1. The van der Waals surface area contributed by atoms with Crippen LogP contribution in [0.2, 0.25) is 0 Å². The lowest BCUT2D eigenvalue weighted by Crippen LogP contribution is -2.28. The maximum Gasteiger partial charge on any atom is 0.0674 e. The SMILES string of the molecule is CCCC(CCC)OC(C)CNC. The van der Waals surface area contributed by atoms with E-state index in [2.05, 4.69) is 26.1 Å². The Labute approximate surface area is 83.1 Å². The molecule has 0 aliphatic heterocycles. The molecule has 0 saturated heterocycles. The van der Waals surface area contributed by atoms with Crippen molar-refractivity contribution in [3.63, 3.8) is 0 Å². The van der Waals surface area contributed by atoms with E-state index in [4.69, 9.17) is 4.74 Å². The monoisotopic (exact) mass is 187 g/mol. The number of nitrogens with one attached hydrogen (secondary N) is 1. The third kappa shape index (κ3) is 7.03. The molecule has 13 heavy (non-hydrogen) atoms. The van der Waals surface area contributed by atoms with Gasteiger partial charge in [-0.25, -0.2) is 0 Å². The second-order valence-corrected chi connectivity index (χ2v) is 3.70. The number of rotatable bonds is 8. The van der Waals surface area contributed by atoms with Gasteiger partial charge in [-0.1, -0.05) is 26.7 Å². The molecule has 0 bridgehead atoms. The van der Waals surface area contributed by atoms with Gasteiger partial charge in [0.25, 0.3) is 0 Å². The Morgan fingerprint density at radius 1 is 1.15 bits per heavy atom. The van der Waals surface area contributed by atoms with Gasteiger partial charge in [0, 0.05) is 6.54 Å². The highest BCUT2D eigenvalue weighted by Gasteiger charge is 2.10. The standard InChI is InChI=1S/C11H25NO/c1-5-7-11(8-6-2)13-10(3)9-12-4/h10-12H,5-9H2,1-4H3. The Kier molecular flexibility index (Phi) is 8.46. The molecule has 1 N–H and O–H groups in total. The van der Waals surface area contributed by atoms with Crippen LogP contribution in [0.25, 0.3) is 0 Å². The normalized spacial score (nSPS) is 13.6. The topological polar surface area (TPSA) is 21.3 Å². The summed E-state index contributed by atoms with van der Waals surface area (Å²) in [6, 6.07) is 0. The van der Waals surface area contributed by atoms with Crippen molar-refractivity contribution in [2.75, 3.05) is 13.6 Å². The van der Waals surface area contributed by atoms with Gasteiger partial charge in [0.05, 0.1) is 12.2 Å². The van der Waals surface area contributed by atoms with Crippen molar-refractivity contribution >= 4 is 0 Å². The van der Waals surface area contributed by atoms with E-state index in [1.807, 2.05) is 7.05 Å². The summed E-state index contributed by atoms with van der Waals surface area (Å²) in [5.74, 6) is 0. The quantitative estimate of drug-likeness (QED) is 0.630. The van der Waals surface area contributed by atoms with Crippen LogP contribution in [0.1, 0.15) is 46.5 Å². The van der Waals surface area contributed by atoms with Crippen molar-refractivity contribution in [3.8, 4) is 0 Å². The zero-order chi connectivity index (χ0) is 10.1. The second kappa shape index (κ2) is 8.52. The van der Waals surface area contributed by atoms with E-state index in [0.717, 1.165) is 6.54 Å². The van der Waals surface area contributed by atoms with Crippen molar-refractivity contribution in [3.05, 3.63) is 0 Å². The molecule has 2 heteroatoms. The highest BCUT2D eigenvalue weighted by atomic mass is 16.5. The molecule has 1 atom stereocenters. The van der Waals surface area contributed by atoms with Gasteiger partial charge < -0.3 is 10.1 Å². The minimum absolute atomic E-state index is 0.341. The Morgan fingerprint density at radius 3 is 2.08 bits per heavy atom. The summed E-state index contributed by atoms with van der Waals surface area (Å²) in [4.78, 5) is 0. The third-order valence-corrected chi connectivity index (χ3v) is 2.14. The lowest BCUT2D eigenvalue weighted by molar-refractivity contribution is -0.00979. The van der Waals surface area contributed by atoms with Crippen LogP contribution in [0.4, 0.5) is 0 Å². The molecule has 0 rings (SSSR count). The maximum atomic E-state index is 5.91. The smallest absolute Gasteiger partial charge is 0.0674 e. The molecule has 0 radical (unpaired) electrons. The van der Waals surface area contributed by atoms with E-state index >= 15 is 0 Å². The minimum Gasteiger partial charge on any atom is -0.374 e. The summed E-state index contributed by atoms with van der Waals surface area (Å²) in [6.45, 7) is 7.52. The Bertz CT molecular complexity index is 100. The third-order valence-electron chi connectivity index (χ3n) is 2.14. The van der Waals surface area contributed by atoms with Gasteiger partial charge in [0.15, 0.2) is 0 Å². The number of likely N-dealkylation sites (N-methyl/N-ethyl adjacent to an activating group) is 1. The first-order chi connectivity index (χ1) is 6.24. The Balaban J connectivity index is 3.64. The first kappa shape index (κ1) is 12.9. The minimum atomic E-state index is 0.341. The summed E-state index contributed by atoms with van der Waals surface area (Å²) in [6.07, 6.45) is 5.64. The van der Waals surface area contributed by atoms with Crippen LogP contribution in [0, 0.1) is 0 Å². The predicted molar refractivity (Wildman–Crippen MR) is 58.1 cm³/mol. The van der Waals surface area contributed by atoms with Crippen molar-refractivity contribution in [1.82, 2.24) is 5.32 Å². The van der Waals surface area contributed by atoms with Crippen LogP contribution in [0.15, 0.2) is 0 Å². The number of hydrogen-bond donors (Lipinski definition) is 1. The van der Waals surface area contributed by atoms with Crippen molar-refractivity contribution < 1.29 is 4.74 Å². The second-order valence-electron chi connectivity index (χ2n) is 3.70. The van der Waals surface area contributed by atoms with Crippen molar-refractivity contribution in [2.24, 2.45) is 0 Å². The van der Waals surface area contributed by atoms with Gasteiger partial charge in [0.2, 0.25) is 0 Å². The number of hydrogen-bond acceptors (Lipinski definition) is 2. The van der Waals surface area contributed by atoms with Gasteiger partial charge in [-0.05, 0) is 26.8 Å². The highest BCUT2D eigenvalue weighted by Crippen LogP contribution is 2.11. The summed E-state index contributed by atoms with van der Waals surface area (Å²) < 4.78 is 5.91. The van der Waals surface area contributed by atoms with Gasteiger partial charge in [0.1, 0.15) is 0 Å². The molecule has 2 nitrogen and oxygen atoms in total. The predicted octanol–water partition coefficient (Wildman–Crippen LogP) is 2.58. The van der Waals surface area contributed by atoms with Crippen molar-refractivity contribution in [2.45, 2.75) is 58.7 Å². The Hall–Kier alpha value is -0.0800. The van der Waals surface area contributed by atoms with E-state index in [1.165, 1.54) is 25.7 Å². The molecular weight excluding hydrogens is 162 g/mol. The molecule has 0 aromatic carbocycles. The van der Waals surface area contributed by atoms with Crippen LogP contribution in [-0.4, -0.2) is 25.8 Å². The lowest BCUT2D eigenvalue weighted by atomic mass is 10.1. The molecule has 0 aliphatic rings. The largest absolute Gasteiger partial charge is 0.374 e. The molecule has 80 valence electrons. The molecule has 0 heterocycles. The van der Waals surface area contributed by atoms with E-state index in [9.17, 15) is 0 Å². The zero-order valence-corrected chi connectivity index (χ0v) is 9.60. The van der Waals surface area contributed by atoms with Crippen LogP contribution < -0.4 is 5.32 Å². The van der Waals surface area contributed by atoms with Gasteiger partial charge in [-0.15, -0.1) is 0 Å². The van der Waals surface area contributed by atoms with Crippen LogP contribution in [-0.2, 0) is 4.74 Å². The van der Waals surface area contributed by atoms with Crippen molar-refractivity contribution in [1.29, 1.82) is 0 Å². The molecule has 0 amide bonds. The van der Waals surface area contributed by atoms with E-state index < -0.39 is 0 Å². The van der Waals surface area contributed by atoms with Crippen LogP contribution >= 0.6 is 0 Å². The van der Waals surface area contributed by atoms with E-state index in [0.29, 0.717) is 12.2 Å². The van der Waals surface area contributed by atoms with Gasteiger partial charge >= 0.3 is 0 Å². The summed E-state index contributed by atoms with van der Waals surface area (Å²) in [7, 11) is 1.97. The van der Waals surface area contributed by atoms with Crippen LogP contribution in [0.5, 0.6) is 0 Å². The van der Waals surface area contributed by atoms with E-state index in [-0.39, 0.29) is 0 Å². The Morgan fingerprint density at radius 2 is 1.69 bits per heavy atom. The molecule has 0 fully saturated rings. The average molecular weight is 187 g/mol. The summed E-state index contributed by atoms with van der Waals surface area (Å²) >= 11 is 0. The first-order valence-corrected chi connectivity index (χ1v) is 5.54. The average Bonchev–Trinajstić information content (AvgIpc) is 2.05. The molecule has 0 spiro atoms. The molecule has 0 saturated carbocycles. The first-order valence-electron chi connectivity index (χ1n) is 5.54. The maximum absolute atomic E-state index is 5.91. The lowest BCUT2D eigenvalue weighted by Gasteiger charge is -2.21. The van der Waals surface area contributed by atoms with E-state index in [1.54, 1.807) is 0 Å². The summed E-state index contributed by atoms with van der Waals surface area (Å²) in [5.41, 5.74) is 0. The fraction of sp³-hybridized carbons (Fsp3) is 1.00. The highest BCUT2D eigenvalue weighted by molar-refractivity contribution is 4.61.